The first-order valence-corrected chi connectivity index (χ1v) is 12.9. The zero-order chi connectivity index (χ0) is 23.5. The Morgan fingerprint density at radius 2 is 1.88 bits per heavy atom. The molecule has 1 fully saturated rings. The van der Waals surface area contributed by atoms with E-state index in [-0.39, 0.29) is 29.3 Å². The van der Waals surface area contributed by atoms with Gasteiger partial charge in [0, 0.05) is 43.0 Å². The Labute approximate surface area is 198 Å². The molecule has 1 aromatic carbocycles. The molecule has 1 aromatic heterocycles. The maximum atomic E-state index is 13.2. The number of benzene rings is 1. The number of aromatic nitrogens is 1. The number of nitrogens with zero attached hydrogens (tertiary/aromatic N) is 2. The molecule has 2 aromatic rings. The number of likely N-dealkylation sites (tertiary alicyclic amines) is 1. The average molecular weight is 469 g/mol. The fraction of sp³-hybridized carbons (Fsp3) is 0.480. The van der Waals surface area contributed by atoms with Crippen LogP contribution in [0.1, 0.15) is 35.6 Å². The van der Waals surface area contributed by atoms with Gasteiger partial charge in [-0.05, 0) is 73.9 Å². The van der Waals surface area contributed by atoms with Crippen LogP contribution < -0.4 is 16.2 Å². The van der Waals surface area contributed by atoms with Gasteiger partial charge < -0.3 is 20.1 Å². The zero-order valence-corrected chi connectivity index (χ0v) is 20.3. The van der Waals surface area contributed by atoms with Crippen LogP contribution >= 0.6 is 11.8 Å². The Morgan fingerprint density at radius 1 is 1.12 bits per heavy atom. The summed E-state index contributed by atoms with van der Waals surface area (Å²) >= 11 is 1.65. The molecule has 7 nitrogen and oxygen atoms in total. The van der Waals surface area contributed by atoms with Crippen LogP contribution in [0.2, 0.25) is 0 Å². The molecule has 2 aliphatic heterocycles. The Balaban J connectivity index is 1.45. The van der Waals surface area contributed by atoms with Crippen molar-refractivity contribution in [2.24, 2.45) is 5.92 Å². The van der Waals surface area contributed by atoms with E-state index >= 15 is 0 Å². The van der Waals surface area contributed by atoms with E-state index in [1.165, 1.54) is 0 Å². The van der Waals surface area contributed by atoms with Crippen LogP contribution in [0.3, 0.4) is 0 Å². The number of anilines is 1. The van der Waals surface area contributed by atoms with Crippen LogP contribution in [0.5, 0.6) is 0 Å². The van der Waals surface area contributed by atoms with E-state index in [0.29, 0.717) is 26.1 Å². The van der Waals surface area contributed by atoms with Crippen LogP contribution in [-0.2, 0) is 11.3 Å². The fourth-order valence-electron chi connectivity index (χ4n) is 5.08. The van der Waals surface area contributed by atoms with E-state index in [1.807, 2.05) is 47.8 Å². The maximum absolute atomic E-state index is 13.2. The Kier molecular flexibility index (Phi) is 7.12. The number of urea groups is 1. The minimum atomic E-state index is -0.609. The normalized spacial score (nSPS) is 20.0. The van der Waals surface area contributed by atoms with Crippen molar-refractivity contribution in [3.8, 4) is 0 Å². The molecule has 0 spiro atoms. The number of nitrogens with one attached hydrogen (secondary N) is 2. The van der Waals surface area contributed by atoms with E-state index in [0.717, 1.165) is 34.7 Å². The van der Waals surface area contributed by atoms with Crippen molar-refractivity contribution in [2.45, 2.75) is 45.2 Å². The number of thioether (sulfide) groups is 1. The molecule has 176 valence electrons. The average Bonchev–Trinajstić information content (AvgIpc) is 2.76. The third-order valence-corrected chi connectivity index (χ3v) is 7.12. The molecule has 4 rings (SSSR count). The zero-order valence-electron chi connectivity index (χ0n) is 19.5. The van der Waals surface area contributed by atoms with Crippen molar-refractivity contribution in [1.82, 2.24) is 14.8 Å². The molecule has 2 N–H and O–H groups in total. The summed E-state index contributed by atoms with van der Waals surface area (Å²) in [5.41, 5.74) is 3.93. The summed E-state index contributed by atoms with van der Waals surface area (Å²) in [4.78, 5) is 40.3. The molecule has 3 heterocycles. The highest BCUT2D eigenvalue weighted by Gasteiger charge is 2.37. The highest BCUT2D eigenvalue weighted by molar-refractivity contribution is 7.98. The third-order valence-electron chi connectivity index (χ3n) is 6.48. The molecule has 2 bridgehead atoms. The summed E-state index contributed by atoms with van der Waals surface area (Å²) in [5.74, 6) is 0.963. The van der Waals surface area contributed by atoms with Gasteiger partial charge in [0.2, 0.25) is 5.91 Å². The van der Waals surface area contributed by atoms with Gasteiger partial charge in [-0.2, -0.15) is 11.8 Å². The molecule has 3 atom stereocenters. The molecular formula is C25H32N4O3S. The molecule has 0 saturated carbocycles. The summed E-state index contributed by atoms with van der Waals surface area (Å²) in [6.45, 7) is 5.78. The minimum Gasteiger partial charge on any atom is -0.326 e. The van der Waals surface area contributed by atoms with Gasteiger partial charge in [-0.15, -0.1) is 0 Å². The fourth-order valence-corrected chi connectivity index (χ4v) is 5.55. The number of piperidine rings is 1. The number of amides is 3. The number of pyridine rings is 1. The van der Waals surface area contributed by atoms with E-state index in [2.05, 4.69) is 16.7 Å². The Bertz CT molecular complexity index is 1080. The second-order valence-electron chi connectivity index (χ2n) is 9.25. The molecular weight excluding hydrogens is 436 g/mol. The monoisotopic (exact) mass is 468 g/mol. The first kappa shape index (κ1) is 23.4. The lowest BCUT2D eigenvalue weighted by molar-refractivity contribution is -0.118. The lowest BCUT2D eigenvalue weighted by Gasteiger charge is -2.43. The summed E-state index contributed by atoms with van der Waals surface area (Å²) in [6, 6.07) is 10.5. The number of hydrogen-bond donors (Lipinski definition) is 2. The molecule has 0 radical (unpaired) electrons. The number of carbonyl (C=O) groups excluding carboxylic acids is 2. The highest BCUT2D eigenvalue weighted by Crippen LogP contribution is 2.34. The number of carbonyl (C=O) groups is 2. The third kappa shape index (κ3) is 5.43. The summed E-state index contributed by atoms with van der Waals surface area (Å²) in [6.07, 6.45) is 3.53. The lowest BCUT2D eigenvalue weighted by Crippen LogP contribution is -2.55. The molecule has 0 aliphatic carbocycles. The first-order chi connectivity index (χ1) is 15.8. The van der Waals surface area contributed by atoms with Crippen molar-refractivity contribution >= 4 is 29.4 Å². The quantitative estimate of drug-likeness (QED) is 0.681. The van der Waals surface area contributed by atoms with E-state index in [4.69, 9.17) is 0 Å². The number of fused-ring (bicyclic) bond motifs is 4. The van der Waals surface area contributed by atoms with E-state index in [9.17, 15) is 14.4 Å². The Morgan fingerprint density at radius 3 is 2.61 bits per heavy atom. The second-order valence-corrected chi connectivity index (χ2v) is 10.2. The van der Waals surface area contributed by atoms with Crippen molar-refractivity contribution in [2.75, 3.05) is 30.4 Å². The van der Waals surface area contributed by atoms with Gasteiger partial charge in [0.1, 0.15) is 6.04 Å². The standard InChI is InChI=1S/C25H32N4O3S/c1-16-9-17(2)11-20(10-16)26-24(31)21(7-8-33-3)27-25(32)28-13-18-12-19(15-28)22-5-4-6-23(30)29(22)14-18/h4-6,9-11,18-19,21H,7-8,12-15H2,1-3H3,(H,26,31)(H,27,32)/t18-,19-,21-/m0/s1. The van der Waals surface area contributed by atoms with Gasteiger partial charge in [0.05, 0.1) is 0 Å². The van der Waals surface area contributed by atoms with Gasteiger partial charge >= 0.3 is 6.03 Å². The van der Waals surface area contributed by atoms with Crippen LogP contribution in [0.15, 0.2) is 41.2 Å². The van der Waals surface area contributed by atoms with Gasteiger partial charge in [-0.3, -0.25) is 9.59 Å². The topological polar surface area (TPSA) is 83.4 Å². The molecule has 33 heavy (non-hydrogen) atoms. The number of hydrogen-bond acceptors (Lipinski definition) is 4. The lowest BCUT2D eigenvalue weighted by atomic mass is 9.83. The molecule has 2 aliphatic rings. The van der Waals surface area contributed by atoms with Crippen molar-refractivity contribution in [3.05, 3.63) is 63.6 Å². The first-order valence-electron chi connectivity index (χ1n) is 11.5. The smallest absolute Gasteiger partial charge is 0.318 e. The Hall–Kier alpha value is -2.74. The molecule has 3 amide bonds. The highest BCUT2D eigenvalue weighted by atomic mass is 32.2. The predicted molar refractivity (Wildman–Crippen MR) is 133 cm³/mol. The van der Waals surface area contributed by atoms with Gasteiger partial charge in [0.15, 0.2) is 0 Å². The van der Waals surface area contributed by atoms with Gasteiger partial charge in [-0.1, -0.05) is 12.1 Å². The van der Waals surface area contributed by atoms with Gasteiger partial charge in [-0.25, -0.2) is 4.79 Å². The van der Waals surface area contributed by atoms with Crippen molar-refractivity contribution in [3.63, 3.8) is 0 Å². The van der Waals surface area contributed by atoms with Crippen LogP contribution in [-0.4, -0.2) is 52.5 Å². The largest absolute Gasteiger partial charge is 0.326 e. The summed E-state index contributed by atoms with van der Waals surface area (Å²) < 4.78 is 1.85. The molecule has 0 unspecified atom stereocenters. The van der Waals surface area contributed by atoms with Crippen LogP contribution in [0.25, 0.3) is 0 Å². The maximum Gasteiger partial charge on any atom is 0.318 e. The van der Waals surface area contributed by atoms with Crippen molar-refractivity contribution < 1.29 is 9.59 Å². The second kappa shape index (κ2) is 10.0. The predicted octanol–water partition coefficient (Wildman–Crippen LogP) is 3.35. The van der Waals surface area contributed by atoms with Crippen LogP contribution in [0.4, 0.5) is 10.5 Å². The van der Waals surface area contributed by atoms with E-state index < -0.39 is 6.04 Å². The summed E-state index contributed by atoms with van der Waals surface area (Å²) in [7, 11) is 0. The van der Waals surface area contributed by atoms with E-state index in [1.54, 1.807) is 23.9 Å². The number of rotatable bonds is 6. The molecule has 1 saturated heterocycles. The summed E-state index contributed by atoms with van der Waals surface area (Å²) in [5, 5.41) is 5.97. The minimum absolute atomic E-state index is 0.0280. The van der Waals surface area contributed by atoms with Gasteiger partial charge in [0.25, 0.3) is 5.56 Å². The SMILES string of the molecule is CSCC[C@H](NC(=O)N1C[C@@H]2C[C@@H](C1)c1cccc(=O)n1C2)C(=O)Nc1cc(C)cc(C)c1. The number of aryl methyl sites for hydroxylation is 2. The van der Waals surface area contributed by atoms with Crippen LogP contribution in [0, 0.1) is 19.8 Å². The molecule has 8 heteroatoms. The van der Waals surface area contributed by atoms with Crippen molar-refractivity contribution in [1.29, 1.82) is 0 Å².